The Morgan fingerprint density at radius 3 is 0.964 bits per heavy atom. The normalized spacial score (nSPS) is 11.7. The highest BCUT2D eigenvalue weighted by molar-refractivity contribution is 8.32. The molecule has 0 radical (unpaired) electrons. The average Bonchev–Trinajstić information content (AvgIpc) is 3.58. The molecule has 8 aromatic carbocycles. The first kappa shape index (κ1) is 35.9. The number of nitrogens with zero attached hydrogens (tertiary/aromatic N) is 1. The van der Waals surface area contributed by atoms with Crippen LogP contribution in [0.1, 0.15) is 13.8 Å². The molecule has 0 amide bonds. The Kier molecular flexibility index (Phi) is 10.0. The van der Waals surface area contributed by atoms with Gasteiger partial charge in [0.2, 0.25) is 0 Å². The van der Waals surface area contributed by atoms with Crippen LogP contribution in [-0.2, 0) is 0 Å². The third kappa shape index (κ3) is 7.26. The van der Waals surface area contributed by atoms with Gasteiger partial charge in [-0.15, -0.1) is 0 Å². The van der Waals surface area contributed by atoms with Crippen molar-refractivity contribution in [3.63, 3.8) is 0 Å². The average molecular weight is 730 g/mol. The highest BCUT2D eigenvalue weighted by Gasteiger charge is 2.16. The molecule has 0 unspecified atom stereocenters. The predicted octanol–water partition coefficient (Wildman–Crippen LogP) is 15.2. The van der Waals surface area contributed by atoms with Gasteiger partial charge in [-0.3, -0.25) is 0 Å². The summed E-state index contributed by atoms with van der Waals surface area (Å²) in [6.45, 7) is 4.00. The Morgan fingerprint density at radius 2 is 0.600 bits per heavy atom. The molecule has 9 rings (SSSR count). The lowest BCUT2D eigenvalue weighted by molar-refractivity contribution is 1.18. The number of hydrogen-bond acceptors (Lipinski definition) is 0. The van der Waals surface area contributed by atoms with E-state index < -0.39 is 10.0 Å². The van der Waals surface area contributed by atoms with Crippen LogP contribution in [0.4, 0.5) is 0 Å². The van der Waals surface area contributed by atoms with E-state index in [1.165, 1.54) is 82.3 Å². The van der Waals surface area contributed by atoms with E-state index in [4.69, 9.17) is 0 Å². The topological polar surface area (TPSA) is 4.93 Å². The Balaban J connectivity index is 0.00000210. The van der Waals surface area contributed by atoms with E-state index in [1.54, 1.807) is 0 Å². The summed E-state index contributed by atoms with van der Waals surface area (Å²) in [5.41, 5.74) is 15.8. The van der Waals surface area contributed by atoms with Crippen LogP contribution in [0.2, 0.25) is 0 Å². The first-order valence-corrected chi connectivity index (χ1v) is 22.0. The third-order valence-corrected chi connectivity index (χ3v) is 12.1. The Morgan fingerprint density at radius 1 is 0.309 bits per heavy atom. The summed E-state index contributed by atoms with van der Waals surface area (Å²) in [5.74, 6) is 0. The molecular formula is C53H47NS. The maximum absolute atomic E-state index is 2.42. The van der Waals surface area contributed by atoms with Crippen molar-refractivity contribution in [3.8, 4) is 61.3 Å². The molecule has 270 valence electrons. The van der Waals surface area contributed by atoms with Crippen LogP contribution < -0.4 is 0 Å². The summed E-state index contributed by atoms with van der Waals surface area (Å²) >= 11 is 0. The van der Waals surface area contributed by atoms with Gasteiger partial charge in [-0.2, -0.15) is 0 Å². The van der Waals surface area contributed by atoms with E-state index in [9.17, 15) is 0 Å². The van der Waals surface area contributed by atoms with Gasteiger partial charge in [0.1, 0.15) is 0 Å². The van der Waals surface area contributed by atoms with Crippen molar-refractivity contribution < 1.29 is 0 Å². The van der Waals surface area contributed by atoms with Crippen LogP contribution in [-0.4, -0.2) is 23.3 Å². The lowest BCUT2D eigenvalue weighted by atomic mass is 9.97. The van der Waals surface area contributed by atoms with Gasteiger partial charge in [0.05, 0.1) is 11.0 Å². The summed E-state index contributed by atoms with van der Waals surface area (Å²) < 4.78 is 2.42. The molecule has 1 aromatic heterocycles. The van der Waals surface area contributed by atoms with E-state index in [0.717, 1.165) is 5.69 Å². The summed E-state index contributed by atoms with van der Waals surface area (Å²) in [6.07, 6.45) is 7.03. The van der Waals surface area contributed by atoms with Crippen molar-refractivity contribution >= 4 is 31.8 Å². The van der Waals surface area contributed by atoms with Gasteiger partial charge in [0.15, 0.2) is 0 Å². The molecule has 0 fully saturated rings. The van der Waals surface area contributed by atoms with Gasteiger partial charge in [-0.1, -0.05) is 159 Å². The van der Waals surface area contributed by atoms with Crippen LogP contribution in [0.25, 0.3) is 83.1 Å². The Labute approximate surface area is 327 Å². The summed E-state index contributed by atoms with van der Waals surface area (Å²) in [4.78, 5) is 1.43. The van der Waals surface area contributed by atoms with Crippen molar-refractivity contribution in [1.82, 2.24) is 4.57 Å². The fourth-order valence-electron chi connectivity index (χ4n) is 7.49. The standard InChI is InChI=1S/C51H41NS.C2H6/c1-53(2,3)47-30-24-41(25-31-47)40-22-28-46(29-23-40)52-50-32-26-44(42-18-14-38(15-19-42)36-10-6-4-7-11-36)34-48(50)49-35-45(27-33-51(49)52)43-20-16-39(17-21-43)37-12-8-5-9-13-37;1-2/h4-35H,1-3H3;1-2H3. The molecule has 0 saturated carbocycles. The molecule has 9 aromatic rings. The Hall–Kier alpha value is -6.09. The van der Waals surface area contributed by atoms with Crippen molar-refractivity contribution in [2.24, 2.45) is 0 Å². The maximum atomic E-state index is 2.42. The van der Waals surface area contributed by atoms with Gasteiger partial charge in [-0.05, 0) is 128 Å². The molecule has 0 N–H and O–H groups in total. The van der Waals surface area contributed by atoms with Gasteiger partial charge in [-0.25, -0.2) is 10.0 Å². The second-order valence-corrected chi connectivity index (χ2v) is 18.7. The zero-order chi connectivity index (χ0) is 37.9. The molecular weight excluding hydrogens is 683 g/mol. The lowest BCUT2D eigenvalue weighted by Gasteiger charge is -2.25. The fraction of sp³-hybridized carbons (Fsp3) is 0.0943. The molecule has 55 heavy (non-hydrogen) atoms. The second-order valence-electron chi connectivity index (χ2n) is 14.6. The SMILES string of the molecule is CC.CS(C)(C)c1ccc(-c2ccc(-n3c4ccc(-c5ccc(-c6ccccc6)cc5)cc4c4cc(-c5ccc(-c6ccccc6)cc5)ccc43)cc2)cc1. The second kappa shape index (κ2) is 15.3. The minimum Gasteiger partial charge on any atom is -0.309 e. The summed E-state index contributed by atoms with van der Waals surface area (Å²) in [7, 11) is -0.752. The number of rotatable bonds is 7. The van der Waals surface area contributed by atoms with Crippen LogP contribution in [0.15, 0.2) is 199 Å². The minimum atomic E-state index is -0.752. The largest absolute Gasteiger partial charge is 0.309 e. The van der Waals surface area contributed by atoms with Crippen molar-refractivity contribution in [2.75, 3.05) is 18.8 Å². The molecule has 0 spiro atoms. The number of hydrogen-bond donors (Lipinski definition) is 0. The monoisotopic (exact) mass is 729 g/mol. The first-order valence-electron chi connectivity index (χ1n) is 19.2. The molecule has 2 heteroatoms. The van der Waals surface area contributed by atoms with Crippen LogP contribution >= 0.6 is 10.0 Å². The van der Waals surface area contributed by atoms with Gasteiger partial charge in [0.25, 0.3) is 0 Å². The zero-order valence-electron chi connectivity index (χ0n) is 32.3. The maximum Gasteiger partial charge on any atom is 0.0541 e. The van der Waals surface area contributed by atoms with E-state index in [2.05, 4.69) is 217 Å². The van der Waals surface area contributed by atoms with E-state index >= 15 is 0 Å². The van der Waals surface area contributed by atoms with Gasteiger partial charge < -0.3 is 4.57 Å². The van der Waals surface area contributed by atoms with E-state index in [0.29, 0.717) is 0 Å². The lowest BCUT2D eigenvalue weighted by Crippen LogP contribution is -1.94. The number of benzene rings is 8. The van der Waals surface area contributed by atoms with Crippen molar-refractivity contribution in [1.29, 1.82) is 0 Å². The van der Waals surface area contributed by atoms with Gasteiger partial charge >= 0.3 is 0 Å². The molecule has 0 aliphatic heterocycles. The summed E-state index contributed by atoms with van der Waals surface area (Å²) in [6, 6.07) is 71.2. The third-order valence-electron chi connectivity index (χ3n) is 10.4. The first-order chi connectivity index (χ1) is 26.9. The fourth-order valence-corrected chi connectivity index (χ4v) is 8.44. The Bertz CT molecular complexity index is 2540. The van der Waals surface area contributed by atoms with Crippen LogP contribution in [0.5, 0.6) is 0 Å². The number of aromatic nitrogens is 1. The van der Waals surface area contributed by atoms with Gasteiger partial charge in [0, 0.05) is 16.5 Å². The highest BCUT2D eigenvalue weighted by atomic mass is 32.3. The minimum absolute atomic E-state index is 0.752. The smallest absolute Gasteiger partial charge is 0.0541 e. The quantitative estimate of drug-likeness (QED) is 0.154. The van der Waals surface area contributed by atoms with Crippen molar-refractivity contribution in [2.45, 2.75) is 18.7 Å². The molecule has 0 bridgehead atoms. The van der Waals surface area contributed by atoms with E-state index in [1.807, 2.05) is 13.8 Å². The molecule has 0 aliphatic carbocycles. The van der Waals surface area contributed by atoms with Crippen molar-refractivity contribution in [3.05, 3.63) is 194 Å². The molecule has 0 atom stereocenters. The highest BCUT2D eigenvalue weighted by Crippen LogP contribution is 2.45. The predicted molar refractivity (Wildman–Crippen MR) is 243 cm³/mol. The van der Waals surface area contributed by atoms with E-state index in [-0.39, 0.29) is 0 Å². The molecule has 1 nitrogen and oxygen atoms in total. The summed E-state index contributed by atoms with van der Waals surface area (Å²) in [5, 5.41) is 2.49. The molecule has 0 saturated heterocycles. The van der Waals surface area contributed by atoms with Crippen LogP contribution in [0, 0.1) is 0 Å². The van der Waals surface area contributed by atoms with Crippen LogP contribution in [0.3, 0.4) is 0 Å². The zero-order valence-corrected chi connectivity index (χ0v) is 33.1. The molecule has 1 heterocycles. The number of fused-ring (bicyclic) bond motifs is 3. The molecule has 0 aliphatic rings.